The molecule has 142 valence electrons. The van der Waals surface area contributed by atoms with E-state index in [1.165, 1.54) is 27.9 Å². The van der Waals surface area contributed by atoms with Crippen molar-refractivity contribution in [3.8, 4) is 0 Å². The summed E-state index contributed by atoms with van der Waals surface area (Å²) in [5, 5.41) is 0. The van der Waals surface area contributed by atoms with Gasteiger partial charge in [-0.15, -0.1) is 0 Å². The molecular weight excluding hydrogens is 416 g/mol. The minimum Gasteiger partial charge on any atom is -0.0943 e. The summed E-state index contributed by atoms with van der Waals surface area (Å²) >= 11 is 3.53. The van der Waals surface area contributed by atoms with Crippen LogP contribution in [0, 0.1) is 11.8 Å². The van der Waals surface area contributed by atoms with Crippen LogP contribution in [0.5, 0.6) is 0 Å². The van der Waals surface area contributed by atoms with Crippen LogP contribution in [0.1, 0.15) is 12.5 Å². The number of rotatable bonds is 4. The van der Waals surface area contributed by atoms with Crippen molar-refractivity contribution in [3.05, 3.63) is 142 Å². The highest BCUT2D eigenvalue weighted by Gasteiger charge is 2.57. The van der Waals surface area contributed by atoms with Gasteiger partial charge >= 0.3 is 0 Å². The molecule has 5 rings (SSSR count). The third-order valence-electron chi connectivity index (χ3n) is 6.50. The summed E-state index contributed by atoms with van der Waals surface area (Å²) < 4.78 is 1.10. The summed E-state index contributed by atoms with van der Waals surface area (Å²) in [5.41, 5.74) is 7.79. The maximum Gasteiger partial charge on any atom is 0.0634 e. The number of hydrogen-bond acceptors (Lipinski definition) is 0. The molecule has 1 fully saturated rings. The van der Waals surface area contributed by atoms with Gasteiger partial charge in [-0.1, -0.05) is 120 Å². The lowest BCUT2D eigenvalue weighted by molar-refractivity contribution is 0.615. The first-order valence-corrected chi connectivity index (χ1v) is 10.9. The summed E-state index contributed by atoms with van der Waals surface area (Å²) in [4.78, 5) is 0. The van der Waals surface area contributed by atoms with Crippen molar-refractivity contribution in [1.29, 1.82) is 0 Å². The van der Waals surface area contributed by atoms with E-state index in [1.54, 1.807) is 0 Å². The first kappa shape index (κ1) is 18.4. The highest BCUT2D eigenvalue weighted by atomic mass is 79.9. The fourth-order valence-corrected chi connectivity index (χ4v) is 5.59. The Kier molecular flexibility index (Phi) is 4.44. The SMILES string of the molecule is C=C(/C=C\C=C(/C)Br)C1(c2ccccc2)C2=CC=CC3=CC=C4C=CC=C1C4C32. The second-order valence-electron chi connectivity index (χ2n) is 8.00. The van der Waals surface area contributed by atoms with Crippen molar-refractivity contribution in [1.82, 2.24) is 0 Å². The lowest BCUT2D eigenvalue weighted by atomic mass is 9.65. The molecule has 0 aromatic heterocycles. The molecule has 0 radical (unpaired) electrons. The Morgan fingerprint density at radius 2 is 1.52 bits per heavy atom. The van der Waals surface area contributed by atoms with E-state index in [0.717, 1.165) is 10.1 Å². The molecule has 4 aliphatic carbocycles. The zero-order valence-electron chi connectivity index (χ0n) is 16.5. The summed E-state index contributed by atoms with van der Waals surface area (Å²) in [6.45, 7) is 6.68. The zero-order valence-corrected chi connectivity index (χ0v) is 18.1. The maximum atomic E-state index is 4.63. The first-order chi connectivity index (χ1) is 14.1. The van der Waals surface area contributed by atoms with Gasteiger partial charge in [0.05, 0.1) is 5.41 Å². The van der Waals surface area contributed by atoms with E-state index in [-0.39, 0.29) is 5.41 Å². The topological polar surface area (TPSA) is 0 Å². The fraction of sp³-hybridized carbons (Fsp3) is 0.143. The molecule has 0 aliphatic heterocycles. The number of benzene rings is 1. The van der Waals surface area contributed by atoms with E-state index in [1.807, 2.05) is 6.92 Å². The van der Waals surface area contributed by atoms with Crippen LogP contribution in [0.25, 0.3) is 0 Å². The van der Waals surface area contributed by atoms with Gasteiger partial charge in [0, 0.05) is 11.8 Å². The predicted molar refractivity (Wildman–Crippen MR) is 127 cm³/mol. The highest BCUT2D eigenvalue weighted by Crippen LogP contribution is 2.64. The quantitative estimate of drug-likeness (QED) is 0.428. The van der Waals surface area contributed by atoms with Crippen LogP contribution in [-0.2, 0) is 5.41 Å². The van der Waals surface area contributed by atoms with E-state index < -0.39 is 0 Å². The summed E-state index contributed by atoms with van der Waals surface area (Å²) in [5.74, 6) is 0.769. The Morgan fingerprint density at radius 1 is 0.931 bits per heavy atom. The van der Waals surface area contributed by atoms with Gasteiger partial charge in [0.25, 0.3) is 0 Å². The monoisotopic (exact) mass is 438 g/mol. The molecule has 1 aromatic rings. The van der Waals surface area contributed by atoms with Crippen molar-refractivity contribution in [2.75, 3.05) is 0 Å². The van der Waals surface area contributed by atoms with Crippen molar-refractivity contribution in [2.24, 2.45) is 11.8 Å². The smallest absolute Gasteiger partial charge is 0.0634 e. The average molecular weight is 439 g/mol. The Labute approximate surface area is 181 Å². The Hall–Kier alpha value is -2.64. The van der Waals surface area contributed by atoms with Crippen LogP contribution in [0.2, 0.25) is 0 Å². The first-order valence-electron chi connectivity index (χ1n) is 10.1. The number of halogens is 1. The molecular formula is C28H23Br. The van der Waals surface area contributed by atoms with E-state index in [4.69, 9.17) is 0 Å². The van der Waals surface area contributed by atoms with Gasteiger partial charge in [-0.25, -0.2) is 0 Å². The Balaban J connectivity index is 1.80. The average Bonchev–Trinajstić information content (AvgIpc) is 3.05. The maximum absolute atomic E-state index is 4.63. The van der Waals surface area contributed by atoms with E-state index in [9.17, 15) is 0 Å². The number of hydrogen-bond donors (Lipinski definition) is 0. The molecule has 0 nitrogen and oxygen atoms in total. The summed E-state index contributed by atoms with van der Waals surface area (Å²) in [7, 11) is 0. The van der Waals surface area contributed by atoms with Crippen molar-refractivity contribution in [3.63, 3.8) is 0 Å². The molecule has 2 atom stereocenters. The molecule has 0 amide bonds. The molecule has 4 aliphatic rings. The second-order valence-corrected chi connectivity index (χ2v) is 9.26. The molecule has 29 heavy (non-hydrogen) atoms. The standard InChI is InChI=1S/C28H23Br/c1-19(9-6-10-20(2)29)28(23-13-4-3-5-14-23)24-15-7-11-21-17-18-22-12-8-16-25(28)27(22)26(21)24/h3-18,26-27H,1H2,2H3/b9-6-,20-10+. The number of allylic oxidation sites excluding steroid dienone is 17. The van der Waals surface area contributed by atoms with Crippen LogP contribution in [0.4, 0.5) is 0 Å². The Morgan fingerprint density at radius 3 is 2.07 bits per heavy atom. The van der Waals surface area contributed by atoms with Gasteiger partial charge < -0.3 is 0 Å². The summed E-state index contributed by atoms with van der Waals surface area (Å²) in [6.07, 6.45) is 24.6. The van der Waals surface area contributed by atoms with Crippen molar-refractivity contribution in [2.45, 2.75) is 12.3 Å². The lowest BCUT2D eigenvalue weighted by Crippen LogP contribution is -2.30. The summed E-state index contributed by atoms with van der Waals surface area (Å²) in [6, 6.07) is 10.9. The second kappa shape index (κ2) is 7.00. The van der Waals surface area contributed by atoms with E-state index >= 15 is 0 Å². The molecule has 0 N–H and O–H groups in total. The lowest BCUT2D eigenvalue weighted by Gasteiger charge is -2.36. The van der Waals surface area contributed by atoms with E-state index in [0.29, 0.717) is 11.8 Å². The van der Waals surface area contributed by atoms with Crippen molar-refractivity contribution >= 4 is 15.9 Å². The largest absolute Gasteiger partial charge is 0.0943 e. The molecule has 1 aromatic carbocycles. The van der Waals surface area contributed by atoms with E-state index in [2.05, 4.69) is 120 Å². The minimum absolute atomic E-state index is 0.320. The third kappa shape index (κ3) is 2.64. The van der Waals surface area contributed by atoms with Gasteiger partial charge in [0.1, 0.15) is 0 Å². The predicted octanol–water partition coefficient (Wildman–Crippen LogP) is 7.44. The fourth-order valence-electron chi connectivity index (χ4n) is 5.44. The van der Waals surface area contributed by atoms with Crippen LogP contribution in [0.15, 0.2) is 136 Å². The Bertz CT molecular complexity index is 1070. The van der Waals surface area contributed by atoms with Crippen LogP contribution < -0.4 is 0 Å². The van der Waals surface area contributed by atoms with Crippen LogP contribution in [0.3, 0.4) is 0 Å². The normalized spacial score (nSPS) is 29.2. The van der Waals surface area contributed by atoms with Gasteiger partial charge in [-0.2, -0.15) is 0 Å². The molecule has 0 spiro atoms. The van der Waals surface area contributed by atoms with Gasteiger partial charge in [0.2, 0.25) is 0 Å². The zero-order chi connectivity index (χ0) is 20.0. The van der Waals surface area contributed by atoms with Gasteiger partial charge in [-0.05, 0) is 44.8 Å². The van der Waals surface area contributed by atoms with Gasteiger partial charge in [0.15, 0.2) is 0 Å². The van der Waals surface area contributed by atoms with Gasteiger partial charge in [-0.3, -0.25) is 0 Å². The molecule has 1 saturated carbocycles. The highest BCUT2D eigenvalue weighted by molar-refractivity contribution is 9.11. The third-order valence-corrected chi connectivity index (χ3v) is 6.76. The van der Waals surface area contributed by atoms with Crippen molar-refractivity contribution < 1.29 is 0 Å². The molecule has 2 unspecified atom stereocenters. The van der Waals surface area contributed by atoms with Crippen LogP contribution >= 0.6 is 15.9 Å². The molecule has 1 heteroatoms. The molecule has 0 saturated heterocycles. The minimum atomic E-state index is -0.320. The molecule has 0 bridgehead atoms. The van der Waals surface area contributed by atoms with Crippen LogP contribution in [-0.4, -0.2) is 0 Å². The molecule has 0 heterocycles.